The molecule has 0 radical (unpaired) electrons. The van der Waals surface area contributed by atoms with Crippen LogP contribution in [0.15, 0.2) is 91.0 Å². The summed E-state index contributed by atoms with van der Waals surface area (Å²) < 4.78 is 10.8. The Bertz CT molecular complexity index is 981. The Kier molecular flexibility index (Phi) is 10.7. The van der Waals surface area contributed by atoms with Gasteiger partial charge in [-0.1, -0.05) is 91.0 Å². The van der Waals surface area contributed by atoms with Gasteiger partial charge in [-0.3, -0.25) is 4.79 Å². The van der Waals surface area contributed by atoms with E-state index in [9.17, 15) is 9.59 Å². The van der Waals surface area contributed by atoms with Crippen molar-refractivity contribution in [1.82, 2.24) is 10.6 Å². The van der Waals surface area contributed by atoms with Crippen molar-refractivity contribution in [3.63, 3.8) is 0 Å². The number of carbonyl (C=O) groups excluding carboxylic acids is 2. The van der Waals surface area contributed by atoms with Crippen LogP contribution in [0.4, 0.5) is 4.79 Å². The standard InChI is InChI=1S/C28H32N2O4/c31-27(33-21-24-14-6-2-7-15-24)26(30-20-23-12-4-1-5-13-23)18-10-11-19-29-28(32)34-22-25-16-8-3-9-17-25/h1-9,12-17,26,30H,10-11,18-22H2,(H,29,32)/t26-/m0/s1. The van der Waals surface area contributed by atoms with Crippen molar-refractivity contribution in [3.8, 4) is 0 Å². The first-order chi connectivity index (χ1) is 16.7. The average molecular weight is 461 g/mol. The molecule has 0 aliphatic carbocycles. The van der Waals surface area contributed by atoms with Crippen LogP contribution in [0.2, 0.25) is 0 Å². The van der Waals surface area contributed by atoms with E-state index in [4.69, 9.17) is 9.47 Å². The Labute approximate surface area is 201 Å². The van der Waals surface area contributed by atoms with Crippen molar-refractivity contribution in [2.45, 2.75) is 45.1 Å². The molecular formula is C28H32N2O4. The zero-order chi connectivity index (χ0) is 23.8. The maximum Gasteiger partial charge on any atom is 0.407 e. The molecule has 0 heterocycles. The lowest BCUT2D eigenvalue weighted by Gasteiger charge is -2.18. The third kappa shape index (κ3) is 9.46. The molecule has 1 amide bonds. The molecule has 0 spiro atoms. The van der Waals surface area contributed by atoms with Gasteiger partial charge in [0.15, 0.2) is 0 Å². The summed E-state index contributed by atoms with van der Waals surface area (Å²) in [5.74, 6) is -0.269. The molecular weight excluding hydrogens is 428 g/mol. The molecule has 34 heavy (non-hydrogen) atoms. The van der Waals surface area contributed by atoms with Gasteiger partial charge in [-0.15, -0.1) is 0 Å². The molecule has 178 valence electrons. The van der Waals surface area contributed by atoms with Gasteiger partial charge in [0.2, 0.25) is 0 Å². The summed E-state index contributed by atoms with van der Waals surface area (Å²) in [6, 6.07) is 28.7. The maximum atomic E-state index is 12.8. The molecule has 0 unspecified atom stereocenters. The molecule has 3 aromatic carbocycles. The Hall–Kier alpha value is -3.64. The van der Waals surface area contributed by atoms with Crippen molar-refractivity contribution in [1.29, 1.82) is 0 Å². The number of carbonyl (C=O) groups is 2. The summed E-state index contributed by atoms with van der Waals surface area (Å²) in [5, 5.41) is 6.09. The van der Waals surface area contributed by atoms with Crippen molar-refractivity contribution < 1.29 is 19.1 Å². The molecule has 0 aromatic heterocycles. The molecule has 3 aromatic rings. The minimum Gasteiger partial charge on any atom is -0.460 e. The van der Waals surface area contributed by atoms with E-state index in [1.54, 1.807) is 0 Å². The minimum atomic E-state index is -0.440. The highest BCUT2D eigenvalue weighted by Gasteiger charge is 2.19. The molecule has 0 saturated carbocycles. The van der Waals surface area contributed by atoms with Crippen molar-refractivity contribution in [2.75, 3.05) is 6.54 Å². The second-order valence-electron chi connectivity index (χ2n) is 8.00. The number of esters is 1. The van der Waals surface area contributed by atoms with Crippen LogP contribution in [0, 0.1) is 0 Å². The second kappa shape index (κ2) is 14.5. The minimum absolute atomic E-state index is 0.241. The van der Waals surface area contributed by atoms with Crippen LogP contribution < -0.4 is 10.6 Å². The van der Waals surface area contributed by atoms with E-state index < -0.39 is 12.1 Å². The summed E-state index contributed by atoms with van der Waals surface area (Å²) in [5.41, 5.74) is 3.00. The van der Waals surface area contributed by atoms with Crippen LogP contribution in [0.1, 0.15) is 36.0 Å². The van der Waals surface area contributed by atoms with Crippen LogP contribution in [-0.4, -0.2) is 24.6 Å². The molecule has 0 fully saturated rings. The van der Waals surface area contributed by atoms with Gasteiger partial charge in [0.25, 0.3) is 0 Å². The maximum absolute atomic E-state index is 12.8. The van der Waals surface area contributed by atoms with Crippen molar-refractivity contribution >= 4 is 12.1 Å². The van der Waals surface area contributed by atoms with E-state index in [-0.39, 0.29) is 19.2 Å². The van der Waals surface area contributed by atoms with Crippen molar-refractivity contribution in [2.24, 2.45) is 0 Å². The summed E-state index contributed by atoms with van der Waals surface area (Å²) >= 11 is 0. The van der Waals surface area contributed by atoms with E-state index in [0.29, 0.717) is 19.5 Å². The number of rotatable bonds is 13. The number of nitrogens with one attached hydrogen (secondary N) is 2. The van der Waals surface area contributed by atoms with E-state index in [0.717, 1.165) is 29.5 Å². The van der Waals surface area contributed by atoms with Crippen LogP contribution in [0.5, 0.6) is 0 Å². The van der Waals surface area contributed by atoms with Crippen LogP contribution in [0.3, 0.4) is 0 Å². The first-order valence-corrected chi connectivity index (χ1v) is 11.6. The highest BCUT2D eigenvalue weighted by molar-refractivity contribution is 5.75. The van der Waals surface area contributed by atoms with E-state index in [1.165, 1.54) is 0 Å². The first-order valence-electron chi connectivity index (χ1n) is 11.6. The Morgan fingerprint density at radius 1 is 0.676 bits per heavy atom. The fraction of sp³-hybridized carbons (Fsp3) is 0.286. The fourth-order valence-corrected chi connectivity index (χ4v) is 3.41. The highest BCUT2D eigenvalue weighted by Crippen LogP contribution is 2.08. The number of unbranched alkanes of at least 4 members (excludes halogenated alkanes) is 1. The average Bonchev–Trinajstić information content (AvgIpc) is 2.89. The normalized spacial score (nSPS) is 11.4. The number of ether oxygens (including phenoxy) is 2. The monoisotopic (exact) mass is 460 g/mol. The van der Waals surface area contributed by atoms with Crippen LogP contribution in [0.25, 0.3) is 0 Å². The van der Waals surface area contributed by atoms with Gasteiger partial charge < -0.3 is 20.1 Å². The van der Waals surface area contributed by atoms with Crippen LogP contribution in [-0.2, 0) is 34.0 Å². The Morgan fingerprint density at radius 2 is 1.21 bits per heavy atom. The predicted octanol–water partition coefficient (Wildman–Crippen LogP) is 4.98. The Balaban J connectivity index is 1.39. The van der Waals surface area contributed by atoms with E-state index in [1.807, 2.05) is 91.0 Å². The third-order valence-electron chi connectivity index (χ3n) is 5.31. The fourth-order valence-electron chi connectivity index (χ4n) is 3.41. The molecule has 0 bridgehead atoms. The van der Waals surface area contributed by atoms with Gasteiger partial charge in [0.05, 0.1) is 0 Å². The lowest BCUT2D eigenvalue weighted by molar-refractivity contribution is -0.147. The van der Waals surface area contributed by atoms with Gasteiger partial charge >= 0.3 is 12.1 Å². The smallest absolute Gasteiger partial charge is 0.407 e. The van der Waals surface area contributed by atoms with Crippen LogP contribution >= 0.6 is 0 Å². The number of amides is 1. The zero-order valence-electron chi connectivity index (χ0n) is 19.3. The summed E-state index contributed by atoms with van der Waals surface area (Å²) in [6.45, 7) is 1.55. The number of alkyl carbamates (subject to hydrolysis) is 1. The quantitative estimate of drug-likeness (QED) is 0.278. The van der Waals surface area contributed by atoms with Gasteiger partial charge in [0, 0.05) is 13.1 Å². The topological polar surface area (TPSA) is 76.7 Å². The van der Waals surface area contributed by atoms with E-state index >= 15 is 0 Å². The molecule has 0 aliphatic rings. The molecule has 2 N–H and O–H groups in total. The van der Waals surface area contributed by atoms with Gasteiger partial charge in [0.1, 0.15) is 19.3 Å². The lowest BCUT2D eigenvalue weighted by Crippen LogP contribution is -2.37. The summed E-state index contributed by atoms with van der Waals surface area (Å²) in [4.78, 5) is 24.6. The molecule has 0 aliphatic heterocycles. The summed E-state index contributed by atoms with van der Waals surface area (Å²) in [6.07, 6.45) is 1.66. The zero-order valence-corrected chi connectivity index (χ0v) is 19.3. The number of hydrogen-bond donors (Lipinski definition) is 2. The lowest BCUT2D eigenvalue weighted by atomic mass is 10.1. The second-order valence-corrected chi connectivity index (χ2v) is 8.00. The SMILES string of the molecule is O=C(NCCCC[C@H](NCc1ccccc1)C(=O)OCc1ccccc1)OCc1ccccc1. The molecule has 3 rings (SSSR count). The predicted molar refractivity (Wildman–Crippen MR) is 132 cm³/mol. The van der Waals surface area contributed by atoms with Gasteiger partial charge in [-0.2, -0.15) is 0 Å². The highest BCUT2D eigenvalue weighted by atomic mass is 16.5. The third-order valence-corrected chi connectivity index (χ3v) is 5.31. The Morgan fingerprint density at radius 3 is 1.79 bits per heavy atom. The van der Waals surface area contributed by atoms with Gasteiger partial charge in [-0.25, -0.2) is 4.79 Å². The molecule has 1 atom stereocenters. The molecule has 0 saturated heterocycles. The van der Waals surface area contributed by atoms with Crippen molar-refractivity contribution in [3.05, 3.63) is 108 Å². The molecule has 6 nitrogen and oxygen atoms in total. The summed E-state index contributed by atoms with van der Waals surface area (Å²) in [7, 11) is 0. The largest absolute Gasteiger partial charge is 0.460 e. The number of benzene rings is 3. The number of hydrogen-bond acceptors (Lipinski definition) is 5. The van der Waals surface area contributed by atoms with Gasteiger partial charge in [-0.05, 0) is 36.0 Å². The molecule has 6 heteroatoms. The first kappa shape index (κ1) is 25.0. The van der Waals surface area contributed by atoms with E-state index in [2.05, 4.69) is 10.6 Å².